The van der Waals surface area contributed by atoms with Gasteiger partial charge in [-0.1, -0.05) is 37.3 Å². The number of hydrogen-bond acceptors (Lipinski definition) is 2. The third kappa shape index (κ3) is 5.59. The van der Waals surface area contributed by atoms with Crippen molar-refractivity contribution in [1.82, 2.24) is 4.90 Å². The van der Waals surface area contributed by atoms with Crippen LogP contribution in [-0.2, 0) is 11.2 Å². The number of nitrogens with zero attached hydrogens (tertiary/aromatic N) is 2. The van der Waals surface area contributed by atoms with Crippen LogP contribution in [0.4, 0.5) is 0 Å². The molecule has 2 rings (SSSR count). The fourth-order valence-corrected chi connectivity index (χ4v) is 2.98. The number of rotatable bonds is 6. The van der Waals surface area contributed by atoms with Crippen molar-refractivity contribution in [3.63, 3.8) is 0 Å². The Balaban J connectivity index is 0.00000106. The number of unbranched alkanes of at least 4 members (excludes halogenated alkanes) is 1. The van der Waals surface area contributed by atoms with Crippen molar-refractivity contribution in [3.8, 4) is 6.57 Å². The standard InChI is InChI=1S/C17H25NO.CHN/c1-2-16-12-8-14-18(16)17(19)13-7-6-11-15-9-4-3-5-10-15;1-2/h3-5,9-10,16H,2,6-8,11-14H2,1H3;1H/t16-;/m1./s1. The van der Waals surface area contributed by atoms with Crippen LogP contribution in [0.2, 0.25) is 0 Å². The zero-order valence-electron chi connectivity index (χ0n) is 13.0. The molecule has 1 aromatic carbocycles. The Bertz CT molecular complexity index is 427. The van der Waals surface area contributed by atoms with E-state index < -0.39 is 0 Å². The van der Waals surface area contributed by atoms with Crippen molar-refractivity contribution in [2.75, 3.05) is 6.54 Å². The summed E-state index contributed by atoms with van der Waals surface area (Å²) in [5.41, 5.74) is 1.38. The molecule has 0 radical (unpaired) electrons. The molecule has 0 unspecified atom stereocenters. The molecular weight excluding hydrogens is 260 g/mol. The van der Waals surface area contributed by atoms with E-state index in [-0.39, 0.29) is 0 Å². The molecule has 1 aliphatic rings. The minimum Gasteiger partial charge on any atom is -0.340 e. The van der Waals surface area contributed by atoms with Crippen LogP contribution in [-0.4, -0.2) is 23.4 Å². The summed E-state index contributed by atoms with van der Waals surface area (Å²) in [6.45, 7) is 6.67. The minimum absolute atomic E-state index is 0.373. The normalized spacial score (nSPS) is 17.1. The summed E-state index contributed by atoms with van der Waals surface area (Å²) in [5.74, 6) is 0.373. The fraction of sp³-hybridized carbons (Fsp3) is 0.556. The van der Waals surface area contributed by atoms with E-state index in [1.165, 1.54) is 18.4 Å². The van der Waals surface area contributed by atoms with E-state index in [1.807, 2.05) is 6.07 Å². The van der Waals surface area contributed by atoms with Crippen LogP contribution in [0.15, 0.2) is 30.3 Å². The Morgan fingerprint density at radius 1 is 1.29 bits per heavy atom. The van der Waals surface area contributed by atoms with E-state index in [2.05, 4.69) is 42.7 Å². The first-order valence-corrected chi connectivity index (χ1v) is 7.90. The third-order valence-electron chi connectivity index (χ3n) is 4.12. The molecule has 0 bridgehead atoms. The molecule has 3 nitrogen and oxygen atoms in total. The van der Waals surface area contributed by atoms with E-state index in [1.54, 1.807) is 0 Å². The highest BCUT2D eigenvalue weighted by molar-refractivity contribution is 5.76. The summed E-state index contributed by atoms with van der Waals surface area (Å²) >= 11 is 0. The fourth-order valence-electron chi connectivity index (χ4n) is 2.98. The monoisotopic (exact) mass is 286 g/mol. The van der Waals surface area contributed by atoms with E-state index in [0.717, 1.165) is 38.6 Å². The predicted octanol–water partition coefficient (Wildman–Crippen LogP) is 3.94. The highest BCUT2D eigenvalue weighted by Gasteiger charge is 2.26. The van der Waals surface area contributed by atoms with Crippen molar-refractivity contribution in [3.05, 3.63) is 35.9 Å². The van der Waals surface area contributed by atoms with Gasteiger partial charge in [-0.25, -0.2) is 5.26 Å². The molecule has 0 spiro atoms. The molecular formula is C18H26N2O. The molecule has 114 valence electrons. The average Bonchev–Trinajstić information content (AvgIpc) is 3.03. The second kappa shape index (κ2) is 9.99. The molecule has 3 heteroatoms. The van der Waals surface area contributed by atoms with Crippen LogP contribution in [0.25, 0.3) is 0 Å². The number of aryl methyl sites for hydroxylation is 1. The largest absolute Gasteiger partial charge is 0.340 e. The van der Waals surface area contributed by atoms with Crippen LogP contribution in [0, 0.1) is 11.8 Å². The van der Waals surface area contributed by atoms with Gasteiger partial charge in [0, 0.05) is 25.6 Å². The van der Waals surface area contributed by atoms with Crippen LogP contribution >= 0.6 is 0 Å². The second-order valence-corrected chi connectivity index (χ2v) is 5.48. The van der Waals surface area contributed by atoms with Gasteiger partial charge in [0.25, 0.3) is 0 Å². The molecule has 1 aromatic rings. The Morgan fingerprint density at radius 3 is 2.67 bits per heavy atom. The SMILES string of the molecule is C#N.CC[C@@H]1CCCN1C(=O)CCCCc1ccccc1. The second-order valence-electron chi connectivity index (χ2n) is 5.48. The van der Waals surface area contributed by atoms with E-state index in [0.29, 0.717) is 11.9 Å². The molecule has 1 aliphatic heterocycles. The van der Waals surface area contributed by atoms with Gasteiger partial charge in [-0.15, -0.1) is 0 Å². The molecule has 21 heavy (non-hydrogen) atoms. The van der Waals surface area contributed by atoms with Gasteiger partial charge in [0.2, 0.25) is 5.91 Å². The topological polar surface area (TPSA) is 44.1 Å². The summed E-state index contributed by atoms with van der Waals surface area (Å²) in [7, 11) is 0. The maximum atomic E-state index is 12.2. The highest BCUT2D eigenvalue weighted by atomic mass is 16.2. The zero-order chi connectivity index (χ0) is 15.5. The van der Waals surface area contributed by atoms with Gasteiger partial charge >= 0.3 is 0 Å². The Kier molecular flexibility index (Phi) is 8.19. The van der Waals surface area contributed by atoms with Crippen molar-refractivity contribution < 1.29 is 4.79 Å². The molecule has 0 N–H and O–H groups in total. The first-order chi connectivity index (χ1) is 10.3. The van der Waals surface area contributed by atoms with Crippen LogP contribution < -0.4 is 0 Å². The Hall–Kier alpha value is -1.82. The summed E-state index contributed by atoms with van der Waals surface area (Å²) in [6.07, 6.45) is 7.44. The van der Waals surface area contributed by atoms with Crippen molar-refractivity contribution in [2.24, 2.45) is 0 Å². The van der Waals surface area contributed by atoms with E-state index in [9.17, 15) is 4.79 Å². The maximum absolute atomic E-state index is 12.2. The quantitative estimate of drug-likeness (QED) is 0.743. The highest BCUT2D eigenvalue weighted by Crippen LogP contribution is 2.21. The van der Waals surface area contributed by atoms with Crippen LogP contribution in [0.5, 0.6) is 0 Å². The summed E-state index contributed by atoms with van der Waals surface area (Å²) in [5, 5.41) is 6.50. The van der Waals surface area contributed by atoms with Crippen molar-refractivity contribution in [1.29, 1.82) is 5.26 Å². The number of hydrogen-bond donors (Lipinski definition) is 0. The lowest BCUT2D eigenvalue weighted by molar-refractivity contribution is -0.132. The van der Waals surface area contributed by atoms with E-state index >= 15 is 0 Å². The number of likely N-dealkylation sites (tertiary alicyclic amines) is 1. The van der Waals surface area contributed by atoms with Gasteiger partial charge in [-0.05, 0) is 44.1 Å². The lowest BCUT2D eigenvalue weighted by Crippen LogP contribution is -2.34. The first kappa shape index (κ1) is 17.2. The van der Waals surface area contributed by atoms with Gasteiger partial charge < -0.3 is 4.90 Å². The minimum atomic E-state index is 0.373. The maximum Gasteiger partial charge on any atom is 0.222 e. The number of benzene rings is 1. The first-order valence-electron chi connectivity index (χ1n) is 7.90. The van der Waals surface area contributed by atoms with Crippen LogP contribution in [0.1, 0.15) is 51.0 Å². The van der Waals surface area contributed by atoms with Crippen molar-refractivity contribution in [2.45, 2.75) is 57.9 Å². The van der Waals surface area contributed by atoms with Gasteiger partial charge in [0.05, 0.1) is 0 Å². The lowest BCUT2D eigenvalue weighted by atomic mass is 10.1. The molecule has 1 saturated heterocycles. The number of carbonyl (C=O) groups excluding carboxylic acids is 1. The number of carbonyl (C=O) groups is 1. The third-order valence-corrected chi connectivity index (χ3v) is 4.12. The molecule has 1 amide bonds. The Labute approximate surface area is 128 Å². The summed E-state index contributed by atoms with van der Waals surface area (Å²) in [6, 6.07) is 11.0. The smallest absolute Gasteiger partial charge is 0.222 e. The average molecular weight is 286 g/mol. The van der Waals surface area contributed by atoms with E-state index in [4.69, 9.17) is 5.26 Å². The molecule has 1 heterocycles. The summed E-state index contributed by atoms with van der Waals surface area (Å²) in [4.78, 5) is 14.3. The summed E-state index contributed by atoms with van der Waals surface area (Å²) < 4.78 is 0. The molecule has 1 fully saturated rings. The molecule has 0 aliphatic carbocycles. The number of nitriles is 1. The molecule has 1 atom stereocenters. The zero-order valence-corrected chi connectivity index (χ0v) is 13.0. The van der Waals surface area contributed by atoms with Crippen LogP contribution in [0.3, 0.4) is 0 Å². The lowest BCUT2D eigenvalue weighted by Gasteiger charge is -2.23. The van der Waals surface area contributed by atoms with Gasteiger partial charge in [-0.2, -0.15) is 0 Å². The van der Waals surface area contributed by atoms with Gasteiger partial charge in [0.1, 0.15) is 0 Å². The molecule has 0 saturated carbocycles. The van der Waals surface area contributed by atoms with Gasteiger partial charge in [-0.3, -0.25) is 4.79 Å². The van der Waals surface area contributed by atoms with Crippen molar-refractivity contribution >= 4 is 5.91 Å². The van der Waals surface area contributed by atoms with Gasteiger partial charge in [0.15, 0.2) is 0 Å². The number of amides is 1. The molecule has 0 aromatic heterocycles. The predicted molar refractivity (Wildman–Crippen MR) is 85.7 cm³/mol. The Morgan fingerprint density at radius 2 is 2.00 bits per heavy atom.